The van der Waals surface area contributed by atoms with Crippen molar-refractivity contribution in [2.45, 2.75) is 6.92 Å². The van der Waals surface area contributed by atoms with Crippen LogP contribution in [-0.4, -0.2) is 18.1 Å². The van der Waals surface area contributed by atoms with Crippen LogP contribution in [0.25, 0.3) is 32.9 Å². The summed E-state index contributed by atoms with van der Waals surface area (Å²) >= 11 is 0. The van der Waals surface area contributed by atoms with E-state index >= 15 is 0 Å². The van der Waals surface area contributed by atoms with Crippen LogP contribution in [0.1, 0.15) is 15.9 Å². The lowest BCUT2D eigenvalue weighted by Gasteiger charge is -2.15. The van der Waals surface area contributed by atoms with E-state index in [1.165, 1.54) is 0 Å². The van der Waals surface area contributed by atoms with Gasteiger partial charge in [-0.25, -0.2) is 4.98 Å². The van der Waals surface area contributed by atoms with E-state index < -0.39 is 5.97 Å². The van der Waals surface area contributed by atoms with Gasteiger partial charge < -0.3 is 14.6 Å². The van der Waals surface area contributed by atoms with E-state index in [2.05, 4.69) is 0 Å². The molecule has 0 bridgehead atoms. The maximum atomic E-state index is 11.8. The minimum Gasteiger partial charge on any atom is -0.545 e. The number of aromatic carboxylic acids is 1. The number of carboxylic acid groups (broad SMARTS) is 1. The number of nitrogens with zero attached hydrogens (tertiary/aromatic N) is 1. The summed E-state index contributed by atoms with van der Waals surface area (Å²) in [5, 5.41) is 14.3. The zero-order valence-electron chi connectivity index (χ0n) is 14.4. The summed E-state index contributed by atoms with van der Waals surface area (Å²) in [7, 11) is 1.59. The van der Waals surface area contributed by atoms with Gasteiger partial charge in [-0.1, -0.05) is 42.0 Å². The number of methoxy groups -OCH3 is 1. The Kier molecular flexibility index (Phi) is 3.81. The molecule has 4 heteroatoms. The maximum Gasteiger partial charge on any atom is 0.128 e. The lowest BCUT2D eigenvalue weighted by Crippen LogP contribution is -2.22. The molecule has 0 aliphatic carbocycles. The van der Waals surface area contributed by atoms with Gasteiger partial charge in [0.05, 0.1) is 29.9 Å². The van der Waals surface area contributed by atoms with Crippen LogP contribution in [-0.2, 0) is 0 Å². The molecular formula is C22H16NO3-. The van der Waals surface area contributed by atoms with Crippen molar-refractivity contribution in [2.24, 2.45) is 0 Å². The van der Waals surface area contributed by atoms with Gasteiger partial charge in [0, 0.05) is 10.9 Å². The standard InChI is InChI=1S/C22H17NO3/c1-13-7-9-18-16(11-13)17(22(24)25)12-19(23-18)21-15-6-4-3-5-14(15)8-10-20(21)26-2/h3-12H,1-2H3,(H,24,25)/p-1. The van der Waals surface area contributed by atoms with Crippen LogP contribution in [0.15, 0.2) is 60.7 Å². The lowest BCUT2D eigenvalue weighted by molar-refractivity contribution is -0.254. The Morgan fingerprint density at radius 2 is 1.81 bits per heavy atom. The Labute approximate surface area is 150 Å². The van der Waals surface area contributed by atoms with Gasteiger partial charge in [0.2, 0.25) is 0 Å². The summed E-state index contributed by atoms with van der Waals surface area (Å²) in [6.07, 6.45) is 0. The van der Waals surface area contributed by atoms with Crippen molar-refractivity contribution in [1.82, 2.24) is 4.98 Å². The molecule has 0 N–H and O–H groups in total. The van der Waals surface area contributed by atoms with E-state index in [0.717, 1.165) is 21.9 Å². The average molecular weight is 342 g/mol. The number of carbonyl (C=O) groups is 1. The maximum absolute atomic E-state index is 11.8. The first-order chi connectivity index (χ1) is 12.6. The number of carbonyl (C=O) groups excluding carboxylic acids is 1. The molecule has 4 nitrogen and oxygen atoms in total. The van der Waals surface area contributed by atoms with Crippen molar-refractivity contribution < 1.29 is 14.6 Å². The number of ether oxygens (including phenoxy) is 1. The molecule has 0 fully saturated rings. The van der Waals surface area contributed by atoms with Gasteiger partial charge in [-0.2, -0.15) is 0 Å². The molecule has 0 saturated heterocycles. The first-order valence-electron chi connectivity index (χ1n) is 8.27. The molecule has 4 rings (SSSR count). The summed E-state index contributed by atoms with van der Waals surface area (Å²) in [4.78, 5) is 16.5. The third-order valence-electron chi connectivity index (χ3n) is 4.55. The summed E-state index contributed by atoms with van der Waals surface area (Å²) in [5.41, 5.74) is 3.04. The highest BCUT2D eigenvalue weighted by Crippen LogP contribution is 2.37. The van der Waals surface area contributed by atoms with Crippen LogP contribution >= 0.6 is 0 Å². The minimum atomic E-state index is -1.22. The topological polar surface area (TPSA) is 62.2 Å². The van der Waals surface area contributed by atoms with Crippen molar-refractivity contribution in [3.8, 4) is 17.0 Å². The Bertz CT molecular complexity index is 1160. The van der Waals surface area contributed by atoms with Crippen molar-refractivity contribution in [2.75, 3.05) is 7.11 Å². The minimum absolute atomic E-state index is 0.128. The van der Waals surface area contributed by atoms with E-state index in [4.69, 9.17) is 9.72 Å². The third-order valence-corrected chi connectivity index (χ3v) is 4.55. The van der Waals surface area contributed by atoms with Gasteiger partial charge in [0.15, 0.2) is 0 Å². The highest BCUT2D eigenvalue weighted by Gasteiger charge is 2.15. The van der Waals surface area contributed by atoms with Crippen LogP contribution in [0.5, 0.6) is 5.75 Å². The molecule has 0 saturated carbocycles. The Balaban J connectivity index is 2.11. The molecule has 0 radical (unpaired) electrons. The molecule has 0 unspecified atom stereocenters. The zero-order chi connectivity index (χ0) is 18.3. The molecule has 26 heavy (non-hydrogen) atoms. The van der Waals surface area contributed by atoms with E-state index in [0.29, 0.717) is 22.3 Å². The summed E-state index contributed by atoms with van der Waals surface area (Å²) in [5.74, 6) is -0.574. The number of benzene rings is 3. The largest absolute Gasteiger partial charge is 0.545 e. The fourth-order valence-electron chi connectivity index (χ4n) is 3.32. The summed E-state index contributed by atoms with van der Waals surface area (Å²) in [6.45, 7) is 1.92. The monoisotopic (exact) mass is 342 g/mol. The third kappa shape index (κ3) is 2.56. The molecule has 3 aromatic carbocycles. The molecule has 0 amide bonds. The second-order valence-electron chi connectivity index (χ2n) is 6.23. The molecule has 0 atom stereocenters. The van der Waals surface area contributed by atoms with Crippen molar-refractivity contribution >= 4 is 27.6 Å². The first kappa shape index (κ1) is 16.1. The predicted molar refractivity (Wildman–Crippen MR) is 100 cm³/mol. The van der Waals surface area contributed by atoms with Crippen LogP contribution in [0.3, 0.4) is 0 Å². The highest BCUT2D eigenvalue weighted by atomic mass is 16.5. The Morgan fingerprint density at radius 1 is 1.00 bits per heavy atom. The normalized spacial score (nSPS) is 11.0. The Morgan fingerprint density at radius 3 is 2.58 bits per heavy atom. The molecule has 4 aromatic rings. The first-order valence-corrected chi connectivity index (χ1v) is 8.27. The van der Waals surface area contributed by atoms with E-state index in [-0.39, 0.29) is 5.56 Å². The fourth-order valence-corrected chi connectivity index (χ4v) is 3.32. The van der Waals surface area contributed by atoms with Gasteiger partial charge in [-0.05, 0) is 42.0 Å². The van der Waals surface area contributed by atoms with Gasteiger partial charge >= 0.3 is 0 Å². The van der Waals surface area contributed by atoms with Crippen LogP contribution in [0.2, 0.25) is 0 Å². The van der Waals surface area contributed by atoms with E-state index in [1.807, 2.05) is 61.5 Å². The van der Waals surface area contributed by atoms with Gasteiger partial charge in [-0.15, -0.1) is 0 Å². The number of aryl methyl sites for hydroxylation is 1. The van der Waals surface area contributed by atoms with Gasteiger partial charge in [0.25, 0.3) is 0 Å². The van der Waals surface area contributed by atoms with Gasteiger partial charge in [0.1, 0.15) is 5.75 Å². The summed E-state index contributed by atoms with van der Waals surface area (Å²) < 4.78 is 5.54. The van der Waals surface area contributed by atoms with E-state index in [9.17, 15) is 9.90 Å². The number of carboxylic acids is 1. The number of hydrogen-bond donors (Lipinski definition) is 0. The molecule has 1 aromatic heterocycles. The quantitative estimate of drug-likeness (QED) is 0.569. The lowest BCUT2D eigenvalue weighted by atomic mass is 9.97. The predicted octanol–water partition coefficient (Wildman–Crippen LogP) is 3.74. The number of pyridine rings is 1. The molecule has 1 heterocycles. The number of rotatable bonds is 3. The fraction of sp³-hybridized carbons (Fsp3) is 0.0909. The molecular weight excluding hydrogens is 326 g/mol. The Hall–Kier alpha value is -3.40. The smallest absolute Gasteiger partial charge is 0.128 e. The molecule has 0 aliphatic rings. The second-order valence-corrected chi connectivity index (χ2v) is 6.23. The van der Waals surface area contributed by atoms with Crippen LogP contribution < -0.4 is 9.84 Å². The number of fused-ring (bicyclic) bond motifs is 2. The van der Waals surface area contributed by atoms with Crippen molar-refractivity contribution in [3.63, 3.8) is 0 Å². The highest BCUT2D eigenvalue weighted by molar-refractivity contribution is 6.05. The van der Waals surface area contributed by atoms with Crippen LogP contribution in [0, 0.1) is 6.92 Å². The zero-order valence-corrected chi connectivity index (χ0v) is 14.4. The second kappa shape index (κ2) is 6.15. The van der Waals surface area contributed by atoms with E-state index in [1.54, 1.807) is 13.2 Å². The SMILES string of the molecule is COc1ccc2ccccc2c1-c1cc(C(=O)[O-])c2cc(C)ccc2n1. The molecule has 0 aliphatic heterocycles. The van der Waals surface area contributed by atoms with Crippen LogP contribution in [0.4, 0.5) is 0 Å². The molecule has 0 spiro atoms. The van der Waals surface area contributed by atoms with Crippen molar-refractivity contribution in [1.29, 1.82) is 0 Å². The van der Waals surface area contributed by atoms with Crippen molar-refractivity contribution in [3.05, 3.63) is 71.8 Å². The number of hydrogen-bond acceptors (Lipinski definition) is 4. The summed E-state index contributed by atoms with van der Waals surface area (Å²) in [6, 6.07) is 18.9. The van der Waals surface area contributed by atoms with Gasteiger partial charge in [-0.3, -0.25) is 0 Å². The number of aromatic nitrogens is 1. The molecule has 128 valence electrons. The average Bonchev–Trinajstić information content (AvgIpc) is 2.66.